The molecule has 1 N–H and O–H groups in total. The molecule has 2 nitrogen and oxygen atoms in total. The summed E-state index contributed by atoms with van der Waals surface area (Å²) in [7, 11) is 0. The van der Waals surface area contributed by atoms with Crippen molar-refractivity contribution < 1.29 is 9.84 Å². The fraction of sp³-hybridized carbons (Fsp3) is 0.455. The highest BCUT2D eigenvalue weighted by atomic mass is 79.9. The maximum atomic E-state index is 9.56. The van der Waals surface area contributed by atoms with Gasteiger partial charge in [0.15, 0.2) is 0 Å². The van der Waals surface area contributed by atoms with Crippen molar-refractivity contribution in [3.05, 3.63) is 33.7 Å². The first kappa shape index (κ1) is 9.84. The third-order valence-electron chi connectivity index (χ3n) is 2.42. The van der Waals surface area contributed by atoms with Gasteiger partial charge in [0.05, 0.1) is 4.48 Å². The van der Waals surface area contributed by atoms with Gasteiger partial charge in [-0.1, -0.05) is 6.08 Å². The average molecular weight is 257 g/mol. The Labute approximate surface area is 92.1 Å². The molecule has 0 amide bonds. The van der Waals surface area contributed by atoms with E-state index in [1.807, 2.05) is 26.0 Å². The number of halogens is 1. The SMILES string of the molecule is CC1(C)C=CC2=C(CCC(O)=C2Br)O1. The molecule has 0 spiro atoms. The summed E-state index contributed by atoms with van der Waals surface area (Å²) >= 11 is 3.37. The van der Waals surface area contributed by atoms with E-state index in [1.165, 1.54) is 0 Å². The van der Waals surface area contributed by atoms with Crippen LogP contribution >= 0.6 is 15.9 Å². The Balaban J connectivity index is 2.39. The Kier molecular flexibility index (Phi) is 2.22. The van der Waals surface area contributed by atoms with Crippen molar-refractivity contribution in [3.8, 4) is 0 Å². The van der Waals surface area contributed by atoms with E-state index in [4.69, 9.17) is 4.74 Å². The molecule has 76 valence electrons. The average Bonchev–Trinajstić information content (AvgIpc) is 2.10. The van der Waals surface area contributed by atoms with Crippen LogP contribution in [0.4, 0.5) is 0 Å². The Morgan fingerprint density at radius 3 is 2.86 bits per heavy atom. The molecule has 2 rings (SSSR count). The zero-order chi connectivity index (χ0) is 10.3. The number of hydrogen-bond donors (Lipinski definition) is 1. The summed E-state index contributed by atoms with van der Waals surface area (Å²) in [5, 5.41) is 9.56. The highest BCUT2D eigenvalue weighted by Crippen LogP contribution is 2.39. The van der Waals surface area contributed by atoms with Crippen molar-refractivity contribution >= 4 is 15.9 Å². The first-order valence-corrected chi connectivity index (χ1v) is 5.48. The van der Waals surface area contributed by atoms with Crippen LogP contribution in [0, 0.1) is 0 Å². The van der Waals surface area contributed by atoms with Crippen LogP contribution in [0.2, 0.25) is 0 Å². The standard InChI is InChI=1S/C11H13BrO2/c1-11(2)6-5-7-9(14-11)4-3-8(13)10(7)12/h5-6,13H,3-4H2,1-2H3. The lowest BCUT2D eigenvalue weighted by Crippen LogP contribution is -2.25. The number of aliphatic hydroxyl groups excluding tert-OH is 1. The number of aliphatic hydroxyl groups is 1. The molecule has 0 fully saturated rings. The molecule has 0 atom stereocenters. The molecule has 1 aliphatic carbocycles. The van der Waals surface area contributed by atoms with Crippen LogP contribution < -0.4 is 0 Å². The fourth-order valence-electron chi connectivity index (χ4n) is 1.66. The first-order chi connectivity index (χ1) is 6.49. The Bertz CT molecular complexity index is 361. The minimum Gasteiger partial charge on any atom is -0.511 e. The van der Waals surface area contributed by atoms with E-state index in [1.54, 1.807) is 0 Å². The second-order valence-corrected chi connectivity index (χ2v) is 4.93. The van der Waals surface area contributed by atoms with E-state index in [2.05, 4.69) is 15.9 Å². The van der Waals surface area contributed by atoms with E-state index >= 15 is 0 Å². The normalized spacial score (nSPS) is 24.8. The molecule has 0 unspecified atom stereocenters. The molecule has 1 aliphatic heterocycles. The molecule has 0 aromatic carbocycles. The molecule has 0 bridgehead atoms. The summed E-state index contributed by atoms with van der Waals surface area (Å²) < 4.78 is 6.58. The predicted octanol–water partition coefficient (Wildman–Crippen LogP) is 3.56. The molecule has 2 aliphatic rings. The molecular weight excluding hydrogens is 244 g/mol. The molecule has 1 heterocycles. The molecule has 0 radical (unpaired) electrons. The van der Waals surface area contributed by atoms with Crippen LogP contribution in [0.25, 0.3) is 0 Å². The van der Waals surface area contributed by atoms with Crippen molar-refractivity contribution in [1.29, 1.82) is 0 Å². The minimum atomic E-state index is -0.223. The molecule has 0 aromatic rings. The van der Waals surface area contributed by atoms with Gasteiger partial charge < -0.3 is 9.84 Å². The second-order valence-electron chi connectivity index (χ2n) is 4.14. The van der Waals surface area contributed by atoms with E-state index in [0.717, 1.165) is 22.2 Å². The van der Waals surface area contributed by atoms with Gasteiger partial charge in [-0.05, 0) is 35.9 Å². The summed E-state index contributed by atoms with van der Waals surface area (Å²) in [4.78, 5) is 0. The van der Waals surface area contributed by atoms with Gasteiger partial charge in [-0.25, -0.2) is 0 Å². The van der Waals surface area contributed by atoms with Crippen LogP contribution in [0.1, 0.15) is 26.7 Å². The molecule has 0 aromatic heterocycles. The fourth-order valence-corrected chi connectivity index (χ4v) is 2.21. The van der Waals surface area contributed by atoms with Gasteiger partial charge in [-0.15, -0.1) is 0 Å². The van der Waals surface area contributed by atoms with Crippen LogP contribution in [0.3, 0.4) is 0 Å². The summed E-state index contributed by atoms with van der Waals surface area (Å²) in [5.41, 5.74) is 0.757. The zero-order valence-electron chi connectivity index (χ0n) is 8.30. The summed E-state index contributed by atoms with van der Waals surface area (Å²) in [6, 6.07) is 0. The summed E-state index contributed by atoms with van der Waals surface area (Å²) in [6.07, 6.45) is 5.46. The topological polar surface area (TPSA) is 29.5 Å². The Morgan fingerprint density at radius 2 is 2.14 bits per heavy atom. The number of allylic oxidation sites excluding steroid dienone is 5. The maximum Gasteiger partial charge on any atom is 0.121 e. The lowest BCUT2D eigenvalue weighted by Gasteiger charge is -2.32. The van der Waals surface area contributed by atoms with Crippen LogP contribution in [0.5, 0.6) is 0 Å². The molecular formula is C11H13BrO2. The van der Waals surface area contributed by atoms with Crippen molar-refractivity contribution in [2.45, 2.75) is 32.3 Å². The number of hydrogen-bond acceptors (Lipinski definition) is 2. The molecule has 0 saturated carbocycles. The third kappa shape index (κ3) is 1.61. The number of rotatable bonds is 0. The largest absolute Gasteiger partial charge is 0.511 e. The molecule has 3 heteroatoms. The van der Waals surface area contributed by atoms with Crippen LogP contribution in [0.15, 0.2) is 33.7 Å². The molecule has 0 saturated heterocycles. The van der Waals surface area contributed by atoms with Gasteiger partial charge in [0.2, 0.25) is 0 Å². The monoisotopic (exact) mass is 256 g/mol. The van der Waals surface area contributed by atoms with E-state index in [0.29, 0.717) is 12.2 Å². The van der Waals surface area contributed by atoms with Crippen molar-refractivity contribution in [1.82, 2.24) is 0 Å². The van der Waals surface area contributed by atoms with Gasteiger partial charge in [-0.3, -0.25) is 0 Å². The van der Waals surface area contributed by atoms with Gasteiger partial charge in [-0.2, -0.15) is 0 Å². The zero-order valence-corrected chi connectivity index (χ0v) is 9.89. The lowest BCUT2D eigenvalue weighted by atomic mass is 9.96. The highest BCUT2D eigenvalue weighted by molar-refractivity contribution is 9.12. The van der Waals surface area contributed by atoms with Crippen LogP contribution in [-0.4, -0.2) is 10.7 Å². The van der Waals surface area contributed by atoms with Crippen molar-refractivity contribution in [2.75, 3.05) is 0 Å². The number of ether oxygens (including phenoxy) is 1. The summed E-state index contributed by atoms with van der Waals surface area (Å²) in [5.74, 6) is 1.39. The van der Waals surface area contributed by atoms with Gasteiger partial charge in [0.1, 0.15) is 17.1 Å². The van der Waals surface area contributed by atoms with Crippen LogP contribution in [-0.2, 0) is 4.74 Å². The third-order valence-corrected chi connectivity index (χ3v) is 3.30. The van der Waals surface area contributed by atoms with E-state index in [-0.39, 0.29) is 5.60 Å². The second kappa shape index (κ2) is 3.16. The minimum absolute atomic E-state index is 0.223. The smallest absolute Gasteiger partial charge is 0.121 e. The van der Waals surface area contributed by atoms with Gasteiger partial charge in [0.25, 0.3) is 0 Å². The van der Waals surface area contributed by atoms with Gasteiger partial charge in [0, 0.05) is 18.4 Å². The molecule has 14 heavy (non-hydrogen) atoms. The lowest BCUT2D eigenvalue weighted by molar-refractivity contribution is 0.0650. The quantitative estimate of drug-likeness (QED) is 0.718. The first-order valence-electron chi connectivity index (χ1n) is 4.69. The van der Waals surface area contributed by atoms with Crippen molar-refractivity contribution in [3.63, 3.8) is 0 Å². The highest BCUT2D eigenvalue weighted by Gasteiger charge is 2.28. The summed E-state index contributed by atoms with van der Waals surface area (Å²) in [6.45, 7) is 4.05. The Morgan fingerprint density at radius 1 is 1.43 bits per heavy atom. The maximum absolute atomic E-state index is 9.56. The van der Waals surface area contributed by atoms with Gasteiger partial charge >= 0.3 is 0 Å². The predicted molar refractivity (Wildman–Crippen MR) is 59.1 cm³/mol. The van der Waals surface area contributed by atoms with E-state index < -0.39 is 0 Å². The van der Waals surface area contributed by atoms with E-state index in [9.17, 15) is 5.11 Å². The Hall–Kier alpha value is -0.700. The van der Waals surface area contributed by atoms with Crippen molar-refractivity contribution in [2.24, 2.45) is 0 Å².